The van der Waals surface area contributed by atoms with Crippen molar-refractivity contribution in [3.8, 4) is 5.75 Å². The van der Waals surface area contributed by atoms with Crippen LogP contribution in [0.25, 0.3) is 10.9 Å². The van der Waals surface area contributed by atoms with Gasteiger partial charge >= 0.3 is 0 Å². The standard InChI is InChI=1S/C15H17N5O/c1-19-9-10(8-17-19)14-5-6-16-15-12-7-11(21-2)3-4-13(12)18-20(14)15/h3-4,7-9,14,16H,5-6H2,1-2H3. The van der Waals surface area contributed by atoms with Crippen LogP contribution < -0.4 is 10.1 Å². The number of aromatic nitrogens is 4. The molecule has 0 bridgehead atoms. The first-order valence-corrected chi connectivity index (χ1v) is 7.05. The van der Waals surface area contributed by atoms with Gasteiger partial charge in [0.25, 0.3) is 0 Å². The SMILES string of the molecule is COc1ccc2nn3c(c2c1)NCCC3c1cnn(C)c1. The Kier molecular flexibility index (Phi) is 2.63. The smallest absolute Gasteiger partial charge is 0.133 e. The minimum atomic E-state index is 0.230. The van der Waals surface area contributed by atoms with Gasteiger partial charge in [0.2, 0.25) is 0 Å². The molecular weight excluding hydrogens is 266 g/mol. The molecule has 1 aromatic carbocycles. The molecule has 0 fully saturated rings. The summed E-state index contributed by atoms with van der Waals surface area (Å²) in [5.74, 6) is 1.91. The summed E-state index contributed by atoms with van der Waals surface area (Å²) >= 11 is 0. The molecule has 6 nitrogen and oxygen atoms in total. The van der Waals surface area contributed by atoms with E-state index in [0.717, 1.165) is 35.4 Å². The van der Waals surface area contributed by atoms with Crippen molar-refractivity contribution in [2.75, 3.05) is 19.0 Å². The number of fused-ring (bicyclic) bond motifs is 3. The van der Waals surface area contributed by atoms with Gasteiger partial charge in [-0.3, -0.25) is 4.68 Å². The van der Waals surface area contributed by atoms with Crippen molar-refractivity contribution in [2.45, 2.75) is 12.5 Å². The molecule has 1 atom stereocenters. The van der Waals surface area contributed by atoms with Crippen LogP contribution in [-0.2, 0) is 7.05 Å². The van der Waals surface area contributed by atoms with Crippen LogP contribution in [0.4, 0.5) is 5.82 Å². The Morgan fingerprint density at radius 2 is 2.29 bits per heavy atom. The van der Waals surface area contributed by atoms with Crippen LogP contribution in [0.2, 0.25) is 0 Å². The highest BCUT2D eigenvalue weighted by atomic mass is 16.5. The van der Waals surface area contributed by atoms with E-state index in [9.17, 15) is 0 Å². The zero-order chi connectivity index (χ0) is 14.4. The van der Waals surface area contributed by atoms with E-state index in [1.165, 1.54) is 5.56 Å². The Bertz CT molecular complexity index is 804. The monoisotopic (exact) mass is 283 g/mol. The molecule has 108 valence electrons. The Hall–Kier alpha value is -2.50. The number of nitrogens with one attached hydrogen (secondary N) is 1. The van der Waals surface area contributed by atoms with Crippen LogP contribution >= 0.6 is 0 Å². The number of hydrogen-bond acceptors (Lipinski definition) is 4. The van der Waals surface area contributed by atoms with E-state index >= 15 is 0 Å². The number of ether oxygens (including phenoxy) is 1. The molecule has 0 spiro atoms. The third-order valence-corrected chi connectivity index (χ3v) is 4.02. The summed E-state index contributed by atoms with van der Waals surface area (Å²) < 4.78 is 9.23. The van der Waals surface area contributed by atoms with E-state index in [1.54, 1.807) is 7.11 Å². The maximum atomic E-state index is 5.32. The highest BCUT2D eigenvalue weighted by Gasteiger charge is 2.25. The fourth-order valence-corrected chi connectivity index (χ4v) is 2.98. The number of nitrogens with zero attached hydrogens (tertiary/aromatic N) is 4. The second-order valence-corrected chi connectivity index (χ2v) is 5.35. The second kappa shape index (κ2) is 4.51. The first-order valence-electron chi connectivity index (χ1n) is 7.05. The average Bonchev–Trinajstić information content (AvgIpc) is 3.09. The van der Waals surface area contributed by atoms with Gasteiger partial charge in [-0.2, -0.15) is 10.2 Å². The highest BCUT2D eigenvalue weighted by Crippen LogP contribution is 2.35. The van der Waals surface area contributed by atoms with E-state index in [2.05, 4.69) is 21.3 Å². The van der Waals surface area contributed by atoms with Gasteiger partial charge in [0.1, 0.15) is 11.6 Å². The van der Waals surface area contributed by atoms with Crippen molar-refractivity contribution in [1.29, 1.82) is 0 Å². The number of rotatable bonds is 2. The molecule has 0 radical (unpaired) electrons. The first-order chi connectivity index (χ1) is 10.3. The normalized spacial score (nSPS) is 17.5. The Morgan fingerprint density at radius 1 is 1.38 bits per heavy atom. The Balaban J connectivity index is 1.88. The van der Waals surface area contributed by atoms with Crippen molar-refractivity contribution < 1.29 is 4.74 Å². The van der Waals surface area contributed by atoms with Crippen molar-refractivity contribution in [2.24, 2.45) is 7.05 Å². The van der Waals surface area contributed by atoms with Crippen molar-refractivity contribution in [3.63, 3.8) is 0 Å². The molecule has 1 N–H and O–H groups in total. The van der Waals surface area contributed by atoms with Crippen LogP contribution in [0.3, 0.4) is 0 Å². The number of methoxy groups -OCH3 is 1. The van der Waals surface area contributed by atoms with Crippen molar-refractivity contribution >= 4 is 16.7 Å². The number of hydrogen-bond donors (Lipinski definition) is 1. The van der Waals surface area contributed by atoms with E-state index in [0.29, 0.717) is 0 Å². The van der Waals surface area contributed by atoms with Crippen LogP contribution in [0.15, 0.2) is 30.6 Å². The van der Waals surface area contributed by atoms with Crippen LogP contribution in [0.5, 0.6) is 5.75 Å². The number of anilines is 1. The lowest BCUT2D eigenvalue weighted by molar-refractivity contribution is 0.415. The molecule has 4 rings (SSSR count). The van der Waals surface area contributed by atoms with Crippen LogP contribution in [-0.4, -0.2) is 33.2 Å². The third-order valence-electron chi connectivity index (χ3n) is 4.02. The Labute approximate surface area is 122 Å². The highest BCUT2D eigenvalue weighted by molar-refractivity contribution is 5.91. The third kappa shape index (κ3) is 1.86. The molecule has 1 aliphatic rings. The fourth-order valence-electron chi connectivity index (χ4n) is 2.98. The molecule has 0 saturated carbocycles. The van der Waals surface area contributed by atoms with Gasteiger partial charge in [-0.1, -0.05) is 0 Å². The zero-order valence-corrected chi connectivity index (χ0v) is 12.1. The van der Waals surface area contributed by atoms with Crippen LogP contribution in [0.1, 0.15) is 18.0 Å². The van der Waals surface area contributed by atoms with E-state index < -0.39 is 0 Å². The van der Waals surface area contributed by atoms with Gasteiger partial charge < -0.3 is 10.1 Å². The maximum absolute atomic E-state index is 5.32. The second-order valence-electron chi connectivity index (χ2n) is 5.35. The first kappa shape index (κ1) is 12.3. The molecule has 1 aliphatic heterocycles. The number of benzene rings is 1. The molecule has 0 saturated heterocycles. The number of aryl methyl sites for hydroxylation is 1. The minimum Gasteiger partial charge on any atom is -0.497 e. The molecule has 3 aromatic rings. The lowest BCUT2D eigenvalue weighted by Crippen LogP contribution is -2.24. The van der Waals surface area contributed by atoms with E-state index in [-0.39, 0.29) is 6.04 Å². The molecule has 0 amide bonds. The molecule has 0 aliphatic carbocycles. The van der Waals surface area contributed by atoms with Gasteiger partial charge in [0.05, 0.1) is 24.9 Å². The van der Waals surface area contributed by atoms with Gasteiger partial charge in [0.15, 0.2) is 0 Å². The summed E-state index contributed by atoms with van der Waals surface area (Å²) in [5, 5.41) is 13.6. The lowest BCUT2D eigenvalue weighted by atomic mass is 10.1. The predicted molar refractivity (Wildman–Crippen MR) is 80.7 cm³/mol. The van der Waals surface area contributed by atoms with Gasteiger partial charge in [-0.25, -0.2) is 4.68 Å². The quantitative estimate of drug-likeness (QED) is 0.783. The maximum Gasteiger partial charge on any atom is 0.133 e. The molecular formula is C15H17N5O. The largest absolute Gasteiger partial charge is 0.497 e. The summed E-state index contributed by atoms with van der Waals surface area (Å²) in [6.45, 7) is 0.928. The lowest BCUT2D eigenvalue weighted by Gasteiger charge is -2.25. The van der Waals surface area contributed by atoms with Gasteiger partial charge in [-0.05, 0) is 24.6 Å². The topological polar surface area (TPSA) is 56.9 Å². The molecule has 1 unspecified atom stereocenters. The summed E-state index contributed by atoms with van der Waals surface area (Å²) in [5.41, 5.74) is 2.18. The Morgan fingerprint density at radius 3 is 3.05 bits per heavy atom. The fraction of sp³-hybridized carbons (Fsp3) is 0.333. The van der Waals surface area contributed by atoms with Crippen molar-refractivity contribution in [3.05, 3.63) is 36.2 Å². The van der Waals surface area contributed by atoms with Crippen LogP contribution in [0, 0.1) is 0 Å². The summed E-state index contributed by atoms with van der Waals surface area (Å²) in [4.78, 5) is 0. The van der Waals surface area contributed by atoms with E-state index in [4.69, 9.17) is 9.84 Å². The summed E-state index contributed by atoms with van der Waals surface area (Å²) in [7, 11) is 3.62. The minimum absolute atomic E-state index is 0.230. The zero-order valence-electron chi connectivity index (χ0n) is 12.1. The van der Waals surface area contributed by atoms with E-state index in [1.807, 2.05) is 36.1 Å². The summed E-state index contributed by atoms with van der Waals surface area (Å²) in [6.07, 6.45) is 4.99. The summed E-state index contributed by atoms with van der Waals surface area (Å²) in [6, 6.07) is 6.21. The van der Waals surface area contributed by atoms with Crippen molar-refractivity contribution in [1.82, 2.24) is 19.6 Å². The van der Waals surface area contributed by atoms with Gasteiger partial charge in [0, 0.05) is 30.7 Å². The molecule has 2 aromatic heterocycles. The molecule has 3 heterocycles. The van der Waals surface area contributed by atoms with Gasteiger partial charge in [-0.15, -0.1) is 0 Å². The molecule has 21 heavy (non-hydrogen) atoms. The molecule has 6 heteroatoms. The predicted octanol–water partition coefficient (Wildman–Crippen LogP) is 2.18. The average molecular weight is 283 g/mol.